The second-order valence-electron chi connectivity index (χ2n) is 4.87. The van der Waals surface area contributed by atoms with Crippen LogP contribution in [0, 0.1) is 0 Å². The second-order valence-corrected chi connectivity index (χ2v) is 5.71. The van der Waals surface area contributed by atoms with Gasteiger partial charge >= 0.3 is 0 Å². The van der Waals surface area contributed by atoms with E-state index in [0.29, 0.717) is 11.7 Å². The van der Waals surface area contributed by atoms with Crippen molar-refractivity contribution in [3.8, 4) is 11.3 Å². The third-order valence-corrected chi connectivity index (χ3v) is 4.46. The van der Waals surface area contributed by atoms with Crippen molar-refractivity contribution < 1.29 is 0 Å². The first-order chi connectivity index (χ1) is 9.19. The van der Waals surface area contributed by atoms with Crippen molar-refractivity contribution in [2.45, 2.75) is 26.2 Å². The fourth-order valence-electron chi connectivity index (χ4n) is 2.23. The van der Waals surface area contributed by atoms with Crippen LogP contribution < -0.4 is 5.73 Å². The van der Waals surface area contributed by atoms with Crippen LogP contribution in [-0.2, 0) is 0 Å². The highest BCUT2D eigenvalue weighted by molar-refractivity contribution is 7.15. The number of rotatable bonds is 3. The van der Waals surface area contributed by atoms with Crippen molar-refractivity contribution in [1.29, 1.82) is 0 Å². The molecule has 0 aliphatic carbocycles. The van der Waals surface area contributed by atoms with Crippen molar-refractivity contribution >= 4 is 22.1 Å². The van der Waals surface area contributed by atoms with Gasteiger partial charge in [0.1, 0.15) is 5.82 Å². The van der Waals surface area contributed by atoms with Crippen molar-refractivity contribution in [2.24, 2.45) is 0 Å². The van der Waals surface area contributed by atoms with E-state index in [-0.39, 0.29) is 0 Å². The monoisotopic (exact) mass is 271 g/mol. The minimum absolute atomic E-state index is 0.573. The number of thiazole rings is 1. The molecule has 2 heterocycles. The summed E-state index contributed by atoms with van der Waals surface area (Å²) in [6.45, 7) is 4.48. The number of anilines is 1. The lowest BCUT2D eigenvalue weighted by molar-refractivity contribution is 0.734. The number of hydrogen-bond acceptors (Lipinski definition) is 3. The fourth-order valence-corrected chi connectivity index (χ4v) is 3.12. The average molecular weight is 271 g/mol. The molecule has 1 atom stereocenters. The first-order valence-corrected chi connectivity index (χ1v) is 7.39. The van der Waals surface area contributed by atoms with Crippen LogP contribution in [0.1, 0.15) is 31.7 Å². The number of benzene rings is 1. The Kier molecular flexibility index (Phi) is 3.03. The molecule has 0 aliphatic rings. The summed E-state index contributed by atoms with van der Waals surface area (Å²) in [4.78, 5) is 5.22. The van der Waals surface area contributed by atoms with Crippen LogP contribution in [0.3, 0.4) is 0 Å². The highest BCUT2D eigenvalue weighted by Gasteiger charge is 2.09. The number of hydrogen-bond donors (Lipinski definition) is 1. The van der Waals surface area contributed by atoms with Crippen LogP contribution >= 0.6 is 11.3 Å². The molecule has 3 rings (SSSR count). The largest absolute Gasteiger partial charge is 0.382 e. The van der Waals surface area contributed by atoms with Crippen LogP contribution in [0.2, 0.25) is 0 Å². The molecule has 0 aliphatic heterocycles. The van der Waals surface area contributed by atoms with Gasteiger partial charge in [-0.3, -0.25) is 4.40 Å². The van der Waals surface area contributed by atoms with Gasteiger partial charge in [0.05, 0.1) is 11.9 Å². The molecule has 0 fully saturated rings. The molecule has 2 aromatic heterocycles. The maximum Gasteiger partial charge on any atom is 0.196 e. The molecule has 3 aromatic rings. The van der Waals surface area contributed by atoms with Crippen LogP contribution in [-0.4, -0.2) is 9.38 Å². The zero-order chi connectivity index (χ0) is 13.4. The standard InChI is InChI=1S/C15H17N3S/c1-3-10(2)11-4-6-12(7-5-11)13-9-19-15-17-14(16)8-18(13)15/h4-10H,3,16H2,1-2H3. The molecule has 1 unspecified atom stereocenters. The lowest BCUT2D eigenvalue weighted by Gasteiger charge is -2.09. The quantitative estimate of drug-likeness (QED) is 0.777. The maximum atomic E-state index is 5.74. The zero-order valence-corrected chi connectivity index (χ0v) is 11.9. The molecule has 2 N–H and O–H groups in total. The molecule has 3 nitrogen and oxygen atoms in total. The van der Waals surface area contributed by atoms with Gasteiger partial charge in [-0.05, 0) is 23.5 Å². The third kappa shape index (κ3) is 2.12. The van der Waals surface area contributed by atoms with Gasteiger partial charge in [0, 0.05) is 5.38 Å². The Balaban J connectivity index is 2.02. The van der Waals surface area contributed by atoms with Gasteiger partial charge in [0.15, 0.2) is 4.96 Å². The Bertz CT molecular complexity index is 694. The predicted octanol–water partition coefficient (Wildman–Crippen LogP) is 4.16. The molecule has 1 aromatic carbocycles. The summed E-state index contributed by atoms with van der Waals surface area (Å²) in [7, 11) is 0. The Morgan fingerprint density at radius 2 is 2.05 bits per heavy atom. The Hall–Kier alpha value is -1.81. The molecule has 0 amide bonds. The van der Waals surface area contributed by atoms with Crippen LogP contribution in [0.25, 0.3) is 16.2 Å². The molecule has 0 bridgehead atoms. The zero-order valence-electron chi connectivity index (χ0n) is 11.1. The lowest BCUT2D eigenvalue weighted by atomic mass is 9.97. The van der Waals surface area contributed by atoms with Crippen LogP contribution in [0.5, 0.6) is 0 Å². The molecule has 98 valence electrons. The number of aromatic nitrogens is 2. The van der Waals surface area contributed by atoms with Crippen molar-refractivity contribution in [1.82, 2.24) is 9.38 Å². The minimum Gasteiger partial charge on any atom is -0.382 e. The summed E-state index contributed by atoms with van der Waals surface area (Å²) >= 11 is 1.62. The van der Waals surface area contributed by atoms with E-state index < -0.39 is 0 Å². The maximum absolute atomic E-state index is 5.74. The van der Waals surface area contributed by atoms with E-state index in [2.05, 4.69) is 52.9 Å². The predicted molar refractivity (Wildman–Crippen MR) is 81.6 cm³/mol. The van der Waals surface area contributed by atoms with Gasteiger partial charge < -0.3 is 5.73 Å². The topological polar surface area (TPSA) is 43.3 Å². The van der Waals surface area contributed by atoms with Gasteiger partial charge in [0.25, 0.3) is 0 Å². The van der Waals surface area contributed by atoms with Crippen molar-refractivity contribution in [3.05, 3.63) is 41.4 Å². The highest BCUT2D eigenvalue weighted by Crippen LogP contribution is 2.28. The fraction of sp³-hybridized carbons (Fsp3) is 0.267. The molecular weight excluding hydrogens is 254 g/mol. The minimum atomic E-state index is 0.573. The van der Waals surface area contributed by atoms with Crippen LogP contribution in [0.15, 0.2) is 35.8 Å². The average Bonchev–Trinajstić information content (AvgIpc) is 2.97. The van der Waals surface area contributed by atoms with E-state index >= 15 is 0 Å². The van der Waals surface area contributed by atoms with E-state index in [4.69, 9.17) is 5.73 Å². The number of nitrogen functional groups attached to an aromatic ring is 1. The molecule has 0 radical (unpaired) electrons. The number of imidazole rings is 1. The lowest BCUT2D eigenvalue weighted by Crippen LogP contribution is -1.91. The summed E-state index contributed by atoms with van der Waals surface area (Å²) in [5.74, 6) is 1.18. The molecule has 19 heavy (non-hydrogen) atoms. The first kappa shape index (κ1) is 12.2. The molecule has 0 saturated carbocycles. The van der Waals surface area contributed by atoms with Crippen molar-refractivity contribution in [2.75, 3.05) is 5.73 Å². The van der Waals surface area contributed by atoms with Gasteiger partial charge in [-0.2, -0.15) is 0 Å². The van der Waals surface area contributed by atoms with Gasteiger partial charge in [-0.1, -0.05) is 38.1 Å². The third-order valence-electron chi connectivity index (χ3n) is 3.62. The summed E-state index contributed by atoms with van der Waals surface area (Å²) in [6, 6.07) is 8.79. The molecule has 0 spiro atoms. The van der Waals surface area contributed by atoms with E-state index in [1.165, 1.54) is 17.5 Å². The van der Waals surface area contributed by atoms with E-state index in [0.717, 1.165) is 10.7 Å². The number of fused-ring (bicyclic) bond motifs is 1. The van der Waals surface area contributed by atoms with Gasteiger partial charge in [-0.15, -0.1) is 11.3 Å². The van der Waals surface area contributed by atoms with Crippen molar-refractivity contribution in [3.63, 3.8) is 0 Å². The van der Waals surface area contributed by atoms with E-state index in [1.807, 2.05) is 6.20 Å². The molecular formula is C15H17N3S. The number of nitrogens with zero attached hydrogens (tertiary/aromatic N) is 2. The summed E-state index contributed by atoms with van der Waals surface area (Å²) in [5.41, 5.74) is 9.49. The van der Waals surface area contributed by atoms with E-state index in [1.54, 1.807) is 11.3 Å². The smallest absolute Gasteiger partial charge is 0.196 e. The molecule has 4 heteroatoms. The first-order valence-electron chi connectivity index (χ1n) is 6.51. The molecule has 0 saturated heterocycles. The Morgan fingerprint density at radius 1 is 1.32 bits per heavy atom. The second kappa shape index (κ2) is 4.70. The Labute approximate surface area is 116 Å². The normalized spacial score (nSPS) is 12.9. The summed E-state index contributed by atoms with van der Waals surface area (Å²) in [6.07, 6.45) is 3.05. The number of nitrogens with two attached hydrogens (primary N) is 1. The summed E-state index contributed by atoms with van der Waals surface area (Å²) < 4.78 is 2.05. The highest BCUT2D eigenvalue weighted by atomic mass is 32.1. The summed E-state index contributed by atoms with van der Waals surface area (Å²) in [5, 5.41) is 2.13. The van der Waals surface area contributed by atoms with Crippen LogP contribution in [0.4, 0.5) is 5.82 Å². The SMILES string of the molecule is CCC(C)c1ccc(-c2csc3nc(N)cn23)cc1. The van der Waals surface area contributed by atoms with Gasteiger partial charge in [0.2, 0.25) is 0 Å². The van der Waals surface area contributed by atoms with E-state index in [9.17, 15) is 0 Å². The van der Waals surface area contributed by atoms with Gasteiger partial charge in [-0.25, -0.2) is 4.98 Å². The Morgan fingerprint density at radius 3 is 2.74 bits per heavy atom.